The fourth-order valence-electron chi connectivity index (χ4n) is 2.39. The van der Waals surface area contributed by atoms with Crippen LogP contribution < -0.4 is 5.73 Å². The van der Waals surface area contributed by atoms with E-state index in [1.165, 1.54) is 16.6 Å². The average Bonchev–Trinajstić information content (AvgIpc) is 2.51. The zero-order chi connectivity index (χ0) is 14.0. The lowest BCUT2D eigenvalue weighted by atomic mass is 10.1. The van der Waals surface area contributed by atoms with Crippen molar-refractivity contribution in [2.24, 2.45) is 5.73 Å². The molecule has 3 N–H and O–H groups in total. The highest BCUT2D eigenvalue weighted by Crippen LogP contribution is 2.26. The molecule has 0 aromatic carbocycles. The summed E-state index contributed by atoms with van der Waals surface area (Å²) >= 11 is 0. The smallest absolute Gasteiger partial charge is 0.262 e. The highest BCUT2D eigenvalue weighted by molar-refractivity contribution is 7.89. The summed E-state index contributed by atoms with van der Waals surface area (Å²) in [4.78, 5) is 3.88. The molecule has 0 bridgehead atoms. The van der Waals surface area contributed by atoms with Crippen LogP contribution in [0.3, 0.4) is 0 Å². The van der Waals surface area contributed by atoms with E-state index in [0.29, 0.717) is 12.8 Å². The Bertz CT molecular complexity index is 520. The van der Waals surface area contributed by atoms with E-state index in [2.05, 4.69) is 4.98 Å². The maximum Gasteiger partial charge on any atom is 0.262 e. The Morgan fingerprint density at radius 2 is 2.16 bits per heavy atom. The predicted octanol–water partition coefficient (Wildman–Crippen LogP) is 0.290. The van der Waals surface area contributed by atoms with Crippen molar-refractivity contribution in [2.75, 3.05) is 0 Å². The van der Waals surface area contributed by atoms with Gasteiger partial charge < -0.3 is 10.8 Å². The van der Waals surface area contributed by atoms with E-state index < -0.39 is 22.3 Å². The number of hydrogen-bond donors (Lipinski definition) is 2. The van der Waals surface area contributed by atoms with Crippen molar-refractivity contribution in [1.29, 1.82) is 0 Å². The maximum atomic E-state index is 12.6. The molecule has 2 rings (SSSR count). The van der Waals surface area contributed by atoms with Crippen molar-refractivity contribution >= 4 is 10.0 Å². The lowest BCUT2D eigenvalue weighted by molar-refractivity contribution is 0.0881. The summed E-state index contributed by atoms with van der Waals surface area (Å²) in [6, 6.07) is 4.45. The lowest BCUT2D eigenvalue weighted by Gasteiger charge is -2.32. The van der Waals surface area contributed by atoms with Gasteiger partial charge in [0, 0.05) is 12.2 Å². The van der Waals surface area contributed by atoms with Gasteiger partial charge in [0.05, 0.1) is 12.3 Å². The minimum absolute atomic E-state index is 0.0357. The maximum absolute atomic E-state index is 12.6. The van der Waals surface area contributed by atoms with E-state index in [9.17, 15) is 13.5 Å². The lowest BCUT2D eigenvalue weighted by Crippen LogP contribution is -2.54. The highest BCUT2D eigenvalue weighted by Gasteiger charge is 2.39. The zero-order valence-corrected chi connectivity index (χ0v) is 11.6. The van der Waals surface area contributed by atoms with Crippen LogP contribution in [-0.2, 0) is 10.0 Å². The summed E-state index contributed by atoms with van der Waals surface area (Å²) in [6.45, 7) is 1.80. The third-order valence-corrected chi connectivity index (χ3v) is 5.35. The van der Waals surface area contributed by atoms with Crippen LogP contribution in [0.15, 0.2) is 29.4 Å². The molecule has 106 valence electrons. The van der Waals surface area contributed by atoms with E-state index in [0.717, 1.165) is 6.42 Å². The molecule has 19 heavy (non-hydrogen) atoms. The molecule has 0 aliphatic carbocycles. The van der Waals surface area contributed by atoms with E-state index in [1.807, 2.05) is 0 Å². The van der Waals surface area contributed by atoms with Crippen molar-refractivity contribution in [2.45, 2.75) is 49.5 Å². The van der Waals surface area contributed by atoms with Gasteiger partial charge in [0.1, 0.15) is 0 Å². The Morgan fingerprint density at radius 1 is 1.42 bits per heavy atom. The molecule has 2 heterocycles. The first-order chi connectivity index (χ1) is 8.94. The molecule has 1 aliphatic heterocycles. The quantitative estimate of drug-likeness (QED) is 0.814. The topological polar surface area (TPSA) is 96.5 Å². The number of aromatic nitrogens is 1. The Balaban J connectivity index is 2.42. The van der Waals surface area contributed by atoms with Crippen LogP contribution in [0.5, 0.6) is 0 Å². The SMILES string of the molecule is CC1CCCC(O)C(N)N1S(=O)(=O)c1ccccn1. The number of pyridine rings is 1. The summed E-state index contributed by atoms with van der Waals surface area (Å²) in [5.41, 5.74) is 5.91. The molecule has 0 spiro atoms. The molecular weight excluding hydrogens is 266 g/mol. The third kappa shape index (κ3) is 2.79. The Kier molecular flexibility index (Phi) is 4.19. The summed E-state index contributed by atoms with van der Waals surface area (Å²) in [5, 5.41) is 9.87. The number of nitrogens with two attached hydrogens (primary N) is 1. The van der Waals surface area contributed by atoms with E-state index in [4.69, 9.17) is 5.73 Å². The van der Waals surface area contributed by atoms with Crippen molar-refractivity contribution in [3.05, 3.63) is 24.4 Å². The van der Waals surface area contributed by atoms with Crippen molar-refractivity contribution in [3.8, 4) is 0 Å². The molecule has 1 fully saturated rings. The standard InChI is InChI=1S/C12H19N3O3S/c1-9-5-4-6-10(16)12(13)15(9)19(17,18)11-7-2-3-8-14-11/h2-3,7-10,12,16H,4-6,13H2,1H3. The minimum atomic E-state index is -3.78. The predicted molar refractivity (Wildman–Crippen MR) is 70.6 cm³/mol. The van der Waals surface area contributed by atoms with Gasteiger partial charge in [0.25, 0.3) is 10.0 Å². The van der Waals surface area contributed by atoms with Crippen molar-refractivity contribution in [1.82, 2.24) is 9.29 Å². The van der Waals surface area contributed by atoms with E-state index in [1.54, 1.807) is 19.1 Å². The fourth-order valence-corrected chi connectivity index (χ4v) is 4.09. The van der Waals surface area contributed by atoms with Crippen LogP contribution >= 0.6 is 0 Å². The van der Waals surface area contributed by atoms with Crippen LogP contribution in [0.25, 0.3) is 0 Å². The molecule has 0 saturated carbocycles. The molecule has 6 nitrogen and oxygen atoms in total. The normalized spacial score (nSPS) is 29.9. The molecule has 0 radical (unpaired) electrons. The third-order valence-electron chi connectivity index (χ3n) is 3.42. The number of nitrogens with zero attached hydrogens (tertiary/aromatic N) is 2. The molecule has 7 heteroatoms. The van der Waals surface area contributed by atoms with Crippen molar-refractivity contribution < 1.29 is 13.5 Å². The van der Waals surface area contributed by atoms with Gasteiger partial charge in [-0.15, -0.1) is 0 Å². The van der Waals surface area contributed by atoms with Gasteiger partial charge in [-0.3, -0.25) is 0 Å². The van der Waals surface area contributed by atoms with Gasteiger partial charge in [-0.05, 0) is 38.3 Å². The van der Waals surface area contributed by atoms with Gasteiger partial charge in [-0.1, -0.05) is 6.07 Å². The number of rotatable bonds is 2. The summed E-state index contributed by atoms with van der Waals surface area (Å²) in [7, 11) is -3.78. The highest BCUT2D eigenvalue weighted by atomic mass is 32.2. The Morgan fingerprint density at radius 3 is 2.79 bits per heavy atom. The first kappa shape index (κ1) is 14.4. The van der Waals surface area contributed by atoms with Gasteiger partial charge in [-0.2, -0.15) is 4.31 Å². The second kappa shape index (κ2) is 5.54. The molecular formula is C12H19N3O3S. The molecule has 1 aliphatic rings. The fraction of sp³-hybridized carbons (Fsp3) is 0.583. The van der Waals surface area contributed by atoms with Crippen LogP contribution in [-0.4, -0.2) is 41.1 Å². The number of sulfonamides is 1. The number of aliphatic hydroxyl groups is 1. The minimum Gasteiger partial charge on any atom is -0.390 e. The molecule has 0 amide bonds. The summed E-state index contributed by atoms with van der Waals surface area (Å²) < 4.78 is 26.3. The second-order valence-electron chi connectivity index (χ2n) is 4.84. The second-order valence-corrected chi connectivity index (χ2v) is 6.63. The molecule has 1 saturated heterocycles. The molecule has 1 aromatic rings. The Labute approximate surface area is 113 Å². The summed E-state index contributed by atoms with van der Waals surface area (Å²) in [6.07, 6.45) is 1.60. The largest absolute Gasteiger partial charge is 0.390 e. The first-order valence-corrected chi connectivity index (χ1v) is 7.77. The number of aliphatic hydroxyl groups excluding tert-OH is 1. The van der Waals surface area contributed by atoms with E-state index in [-0.39, 0.29) is 11.1 Å². The van der Waals surface area contributed by atoms with Gasteiger partial charge in [0.2, 0.25) is 0 Å². The summed E-state index contributed by atoms with van der Waals surface area (Å²) in [5.74, 6) is 0. The Hall–Kier alpha value is -1.02. The van der Waals surface area contributed by atoms with Crippen LogP contribution in [0.4, 0.5) is 0 Å². The molecule has 3 unspecified atom stereocenters. The molecule has 1 aromatic heterocycles. The molecule has 3 atom stereocenters. The van der Waals surface area contributed by atoms with Crippen LogP contribution in [0.2, 0.25) is 0 Å². The first-order valence-electron chi connectivity index (χ1n) is 6.33. The van der Waals surface area contributed by atoms with E-state index >= 15 is 0 Å². The van der Waals surface area contributed by atoms with Crippen LogP contribution in [0, 0.1) is 0 Å². The number of hydrogen-bond acceptors (Lipinski definition) is 5. The van der Waals surface area contributed by atoms with Crippen LogP contribution in [0.1, 0.15) is 26.2 Å². The average molecular weight is 285 g/mol. The van der Waals surface area contributed by atoms with Gasteiger partial charge in [0.15, 0.2) is 5.03 Å². The van der Waals surface area contributed by atoms with Crippen molar-refractivity contribution in [3.63, 3.8) is 0 Å². The van der Waals surface area contributed by atoms with Gasteiger partial charge >= 0.3 is 0 Å². The zero-order valence-electron chi connectivity index (χ0n) is 10.8. The van der Waals surface area contributed by atoms with Gasteiger partial charge in [-0.25, -0.2) is 13.4 Å². The monoisotopic (exact) mass is 285 g/mol.